The largest absolute Gasteiger partial charge is 0.495 e. The Morgan fingerprint density at radius 3 is 1.58 bits per heavy atom. The van der Waals surface area contributed by atoms with Gasteiger partial charge in [-0.3, -0.25) is 0 Å². The summed E-state index contributed by atoms with van der Waals surface area (Å²) in [4.78, 5) is 0. The zero-order valence-electron chi connectivity index (χ0n) is 23.2. The van der Waals surface area contributed by atoms with Gasteiger partial charge in [-0.25, -0.2) is 0 Å². The summed E-state index contributed by atoms with van der Waals surface area (Å²) in [6, 6.07) is 5.32. The average molecular weight is 506 g/mol. The summed E-state index contributed by atoms with van der Waals surface area (Å²) in [5, 5.41) is 19.0. The maximum atomic E-state index is 9.66. The van der Waals surface area contributed by atoms with E-state index in [-0.39, 0.29) is 6.61 Å². The van der Waals surface area contributed by atoms with Gasteiger partial charge in [0.2, 0.25) is 0 Å². The van der Waals surface area contributed by atoms with Crippen molar-refractivity contribution in [2.45, 2.75) is 116 Å². The summed E-state index contributed by atoms with van der Waals surface area (Å²) in [7, 11) is 2.98. The van der Waals surface area contributed by atoms with Crippen LogP contribution in [0.4, 0.5) is 0 Å². The highest BCUT2D eigenvalue weighted by Gasteiger charge is 2.16. The summed E-state index contributed by atoms with van der Waals surface area (Å²) in [5.74, 6) is 1.21. The Bertz CT molecular complexity index is 678. The molecule has 0 bridgehead atoms. The summed E-state index contributed by atoms with van der Waals surface area (Å²) in [6.45, 7) is 3.08. The number of ether oxygens (including phenoxy) is 4. The molecule has 0 aliphatic rings. The van der Waals surface area contributed by atoms with Gasteiger partial charge < -0.3 is 24.1 Å². The number of hydrogen-bond donors (Lipinski definition) is 1. The molecule has 0 aliphatic carbocycles. The Morgan fingerprint density at radius 1 is 0.750 bits per heavy atom. The van der Waals surface area contributed by atoms with Crippen molar-refractivity contribution in [3.8, 4) is 23.3 Å². The van der Waals surface area contributed by atoms with E-state index in [9.17, 15) is 10.4 Å². The molecule has 1 atom stereocenters. The van der Waals surface area contributed by atoms with Crippen molar-refractivity contribution in [1.29, 1.82) is 5.26 Å². The normalized spacial score (nSPS) is 11.8. The minimum Gasteiger partial charge on any atom is -0.495 e. The lowest BCUT2D eigenvalue weighted by atomic mass is 10.0. The Hall–Kier alpha value is -1.97. The molecule has 0 unspecified atom stereocenters. The van der Waals surface area contributed by atoms with Crippen LogP contribution in [0.15, 0.2) is 12.1 Å². The molecule has 1 aromatic carbocycles. The number of aliphatic hydroxyl groups excluding tert-OH is 1. The lowest BCUT2D eigenvalue weighted by Crippen LogP contribution is -2.27. The molecule has 0 saturated carbocycles. The van der Waals surface area contributed by atoms with E-state index < -0.39 is 6.10 Å². The van der Waals surface area contributed by atoms with Crippen LogP contribution in [0.2, 0.25) is 0 Å². The van der Waals surface area contributed by atoms with E-state index in [0.29, 0.717) is 36.0 Å². The molecule has 0 aromatic heterocycles. The fourth-order valence-corrected chi connectivity index (χ4v) is 4.35. The van der Waals surface area contributed by atoms with Crippen LogP contribution in [-0.2, 0) is 4.74 Å². The van der Waals surface area contributed by atoms with E-state index in [1.165, 1.54) is 111 Å². The zero-order valence-corrected chi connectivity index (χ0v) is 23.2. The number of nitrogens with zero attached hydrogens (tertiary/aromatic N) is 1. The first-order valence-electron chi connectivity index (χ1n) is 14.2. The van der Waals surface area contributed by atoms with Crippen molar-refractivity contribution in [2.75, 3.05) is 34.0 Å². The molecule has 0 aliphatic heterocycles. The quantitative estimate of drug-likeness (QED) is 0.146. The lowest BCUT2D eigenvalue weighted by Gasteiger charge is -2.19. The van der Waals surface area contributed by atoms with Crippen LogP contribution >= 0.6 is 0 Å². The Balaban J connectivity index is 2.03. The molecule has 0 saturated heterocycles. The first-order chi connectivity index (χ1) is 17.7. The fourth-order valence-electron chi connectivity index (χ4n) is 4.35. The first kappa shape index (κ1) is 32.1. The minimum atomic E-state index is -0.492. The summed E-state index contributed by atoms with van der Waals surface area (Å²) in [5.41, 5.74) is 0.313. The van der Waals surface area contributed by atoms with Crippen LogP contribution in [0.1, 0.15) is 115 Å². The highest BCUT2D eigenvalue weighted by atomic mass is 16.5. The molecule has 0 heterocycles. The standard InChI is InChI=1S/C30H51NO5/c1-4-5-6-7-8-9-10-11-12-13-14-15-16-17-18-19-20-35-25-27(24-32)36-26-21-29(33-2)28(23-31)30(22-26)34-3/h21-22,27,32H,4-20,24-25H2,1-3H3/t27-/m0/s1. The van der Waals surface area contributed by atoms with Crippen LogP contribution < -0.4 is 14.2 Å². The summed E-state index contributed by atoms with van der Waals surface area (Å²) in [6.07, 6.45) is 21.0. The molecule has 206 valence electrons. The maximum Gasteiger partial charge on any atom is 0.145 e. The number of rotatable bonds is 24. The van der Waals surface area contributed by atoms with E-state index >= 15 is 0 Å². The predicted octanol–water partition coefficient (Wildman–Crippen LogP) is 7.59. The zero-order chi connectivity index (χ0) is 26.3. The van der Waals surface area contributed by atoms with Gasteiger partial charge in [0.15, 0.2) is 0 Å². The van der Waals surface area contributed by atoms with Gasteiger partial charge in [-0.05, 0) is 6.42 Å². The highest BCUT2D eigenvalue weighted by Crippen LogP contribution is 2.33. The van der Waals surface area contributed by atoms with E-state index in [1.54, 1.807) is 12.1 Å². The van der Waals surface area contributed by atoms with E-state index in [4.69, 9.17) is 18.9 Å². The third-order valence-corrected chi connectivity index (χ3v) is 6.54. The number of unbranched alkanes of at least 4 members (excludes halogenated alkanes) is 15. The van der Waals surface area contributed by atoms with Crippen molar-refractivity contribution in [3.63, 3.8) is 0 Å². The molecule has 1 N–H and O–H groups in total. The van der Waals surface area contributed by atoms with Crippen LogP contribution in [0.5, 0.6) is 17.2 Å². The lowest BCUT2D eigenvalue weighted by molar-refractivity contribution is 0.0187. The van der Waals surface area contributed by atoms with Crippen LogP contribution in [-0.4, -0.2) is 45.3 Å². The number of methoxy groups -OCH3 is 2. The second-order valence-corrected chi connectivity index (χ2v) is 9.62. The highest BCUT2D eigenvalue weighted by molar-refractivity contribution is 5.57. The number of benzene rings is 1. The van der Waals surface area contributed by atoms with Crippen LogP contribution in [0, 0.1) is 11.3 Å². The number of aliphatic hydroxyl groups is 1. The predicted molar refractivity (Wildman–Crippen MR) is 146 cm³/mol. The number of nitriles is 1. The third kappa shape index (κ3) is 14.6. The molecule has 6 heteroatoms. The van der Waals surface area contributed by atoms with Gasteiger partial charge in [-0.1, -0.05) is 103 Å². The first-order valence-corrected chi connectivity index (χ1v) is 14.2. The molecular weight excluding hydrogens is 454 g/mol. The fraction of sp³-hybridized carbons (Fsp3) is 0.767. The van der Waals surface area contributed by atoms with Gasteiger partial charge >= 0.3 is 0 Å². The molecule has 0 radical (unpaired) electrons. The Kier molecular flexibility index (Phi) is 19.8. The molecule has 6 nitrogen and oxygen atoms in total. The van der Waals surface area contributed by atoms with Crippen molar-refractivity contribution in [1.82, 2.24) is 0 Å². The topological polar surface area (TPSA) is 80.9 Å². The van der Waals surface area contributed by atoms with Crippen molar-refractivity contribution < 1.29 is 24.1 Å². The molecule has 0 fully saturated rings. The molecule has 36 heavy (non-hydrogen) atoms. The SMILES string of the molecule is CCCCCCCCCCCCCCCCCCOC[C@H](CO)Oc1cc(OC)c(C#N)c(OC)c1. The summed E-state index contributed by atoms with van der Waals surface area (Å²) < 4.78 is 22.1. The minimum absolute atomic E-state index is 0.163. The molecule has 0 spiro atoms. The van der Waals surface area contributed by atoms with Gasteiger partial charge in [-0.15, -0.1) is 0 Å². The maximum absolute atomic E-state index is 9.66. The molecule has 1 aromatic rings. The van der Waals surface area contributed by atoms with E-state index in [0.717, 1.165) is 6.42 Å². The molecular formula is C30H51NO5. The van der Waals surface area contributed by atoms with Gasteiger partial charge in [0, 0.05) is 18.7 Å². The van der Waals surface area contributed by atoms with Gasteiger partial charge in [0.1, 0.15) is 35.0 Å². The van der Waals surface area contributed by atoms with Gasteiger partial charge in [0.05, 0.1) is 27.4 Å². The second kappa shape index (κ2) is 22.2. The Labute approximate surface area is 220 Å². The van der Waals surface area contributed by atoms with Gasteiger partial charge in [-0.2, -0.15) is 5.26 Å². The monoisotopic (exact) mass is 505 g/mol. The van der Waals surface area contributed by atoms with Crippen molar-refractivity contribution in [2.24, 2.45) is 0 Å². The van der Waals surface area contributed by atoms with Crippen molar-refractivity contribution in [3.05, 3.63) is 17.7 Å². The smallest absolute Gasteiger partial charge is 0.145 e. The van der Waals surface area contributed by atoms with Crippen LogP contribution in [0.3, 0.4) is 0 Å². The van der Waals surface area contributed by atoms with E-state index in [1.807, 2.05) is 0 Å². The Morgan fingerprint density at radius 2 is 1.19 bits per heavy atom. The van der Waals surface area contributed by atoms with Gasteiger partial charge in [0.25, 0.3) is 0 Å². The third-order valence-electron chi connectivity index (χ3n) is 6.54. The van der Waals surface area contributed by atoms with Crippen LogP contribution in [0.25, 0.3) is 0 Å². The average Bonchev–Trinajstić information content (AvgIpc) is 2.90. The summed E-state index contributed by atoms with van der Waals surface area (Å²) >= 11 is 0. The second-order valence-electron chi connectivity index (χ2n) is 9.62. The number of hydrogen-bond acceptors (Lipinski definition) is 6. The molecule has 0 amide bonds. The van der Waals surface area contributed by atoms with E-state index in [2.05, 4.69) is 13.0 Å². The van der Waals surface area contributed by atoms with Crippen molar-refractivity contribution >= 4 is 0 Å². The molecule has 1 rings (SSSR count).